The molecule has 1 aliphatic carbocycles. The number of piperidine rings is 2. The van der Waals surface area contributed by atoms with E-state index in [1.54, 1.807) is 6.20 Å². The standard InChI is InChI=1S/C19H24N4O2/c1-4-14(5-1)24-15-6-9-20-16(12-15)17-21-18(25-22-17)19-7-2-10-23(13-19)11-3-8-19/h6,9,12,14H,1-5,7-8,10-11,13H2. The van der Waals surface area contributed by atoms with Gasteiger partial charge in [-0.25, -0.2) is 0 Å². The van der Waals surface area contributed by atoms with Gasteiger partial charge in [0.2, 0.25) is 11.7 Å². The fourth-order valence-electron chi connectivity index (χ4n) is 4.38. The molecule has 0 aromatic carbocycles. The number of fused-ring (bicyclic) bond motifs is 2. The number of pyridine rings is 1. The minimum Gasteiger partial charge on any atom is -0.490 e. The van der Waals surface area contributed by atoms with Gasteiger partial charge in [0.15, 0.2) is 0 Å². The van der Waals surface area contributed by atoms with Crippen molar-refractivity contribution in [1.82, 2.24) is 20.0 Å². The molecule has 2 aliphatic heterocycles. The largest absolute Gasteiger partial charge is 0.490 e. The van der Waals surface area contributed by atoms with Crippen LogP contribution in [0.2, 0.25) is 0 Å². The number of hydrogen-bond acceptors (Lipinski definition) is 6. The van der Waals surface area contributed by atoms with Crippen molar-refractivity contribution in [3.05, 3.63) is 24.2 Å². The smallest absolute Gasteiger partial charge is 0.234 e. The molecule has 6 heteroatoms. The summed E-state index contributed by atoms with van der Waals surface area (Å²) < 4.78 is 11.7. The molecule has 0 atom stereocenters. The van der Waals surface area contributed by atoms with Crippen LogP contribution >= 0.6 is 0 Å². The normalized spacial score (nSPS) is 29.2. The molecule has 3 aliphatic rings. The SMILES string of the molecule is c1cc(OC2CCC2)cc(-c2noc(C34CCCN(CCC3)C4)n2)n1. The van der Waals surface area contributed by atoms with Gasteiger partial charge in [-0.3, -0.25) is 4.98 Å². The van der Waals surface area contributed by atoms with Crippen LogP contribution in [-0.4, -0.2) is 45.8 Å². The molecule has 132 valence electrons. The van der Waals surface area contributed by atoms with Crippen LogP contribution in [0, 0.1) is 0 Å². The molecule has 0 unspecified atom stereocenters. The van der Waals surface area contributed by atoms with E-state index in [0.717, 1.165) is 49.6 Å². The Bertz CT molecular complexity index is 745. The summed E-state index contributed by atoms with van der Waals surface area (Å²) in [7, 11) is 0. The molecule has 5 rings (SSSR count). The fraction of sp³-hybridized carbons (Fsp3) is 0.632. The number of aromatic nitrogens is 3. The maximum absolute atomic E-state index is 5.97. The molecule has 25 heavy (non-hydrogen) atoms. The highest BCUT2D eigenvalue weighted by molar-refractivity contribution is 5.51. The van der Waals surface area contributed by atoms with Crippen molar-refractivity contribution in [3.8, 4) is 17.3 Å². The summed E-state index contributed by atoms with van der Waals surface area (Å²) in [5.74, 6) is 2.21. The second-order valence-corrected chi connectivity index (χ2v) is 7.73. The molecule has 0 amide bonds. The first-order valence-corrected chi connectivity index (χ1v) is 9.50. The molecule has 4 heterocycles. The van der Waals surface area contributed by atoms with Crippen molar-refractivity contribution >= 4 is 0 Å². The first-order chi connectivity index (χ1) is 12.3. The van der Waals surface area contributed by atoms with Crippen LogP contribution < -0.4 is 4.74 Å². The molecular weight excluding hydrogens is 316 g/mol. The van der Waals surface area contributed by atoms with Crippen molar-refractivity contribution < 1.29 is 9.26 Å². The Morgan fingerprint density at radius 3 is 2.76 bits per heavy atom. The zero-order valence-corrected chi connectivity index (χ0v) is 14.5. The Morgan fingerprint density at radius 2 is 2.00 bits per heavy atom. The quantitative estimate of drug-likeness (QED) is 0.852. The van der Waals surface area contributed by atoms with E-state index in [-0.39, 0.29) is 5.41 Å². The average molecular weight is 340 g/mol. The maximum Gasteiger partial charge on any atom is 0.234 e. The molecule has 1 saturated carbocycles. The lowest BCUT2D eigenvalue weighted by molar-refractivity contribution is 0.0711. The van der Waals surface area contributed by atoms with Gasteiger partial charge in [-0.2, -0.15) is 4.98 Å². The van der Waals surface area contributed by atoms with Gasteiger partial charge in [-0.05, 0) is 64.1 Å². The molecule has 0 N–H and O–H groups in total. The first-order valence-electron chi connectivity index (χ1n) is 9.50. The highest BCUT2D eigenvalue weighted by Crippen LogP contribution is 2.41. The second kappa shape index (κ2) is 6.09. The maximum atomic E-state index is 5.97. The lowest BCUT2D eigenvalue weighted by Crippen LogP contribution is -2.50. The summed E-state index contributed by atoms with van der Waals surface area (Å²) in [6.45, 7) is 3.45. The Hall–Kier alpha value is -1.95. The zero-order chi connectivity index (χ0) is 16.7. The van der Waals surface area contributed by atoms with Crippen LogP contribution in [0.3, 0.4) is 0 Å². The Labute approximate surface area is 147 Å². The van der Waals surface area contributed by atoms with Crippen LogP contribution in [0.4, 0.5) is 0 Å². The van der Waals surface area contributed by atoms with E-state index >= 15 is 0 Å². The number of hydrogen-bond donors (Lipinski definition) is 0. The fourth-order valence-corrected chi connectivity index (χ4v) is 4.38. The van der Waals surface area contributed by atoms with Gasteiger partial charge in [0, 0.05) is 18.8 Å². The minimum absolute atomic E-state index is 0.0434. The molecule has 2 aromatic rings. The van der Waals surface area contributed by atoms with Crippen LogP contribution in [0.1, 0.15) is 50.8 Å². The third-order valence-corrected chi connectivity index (χ3v) is 5.98. The van der Waals surface area contributed by atoms with E-state index in [9.17, 15) is 0 Å². The topological polar surface area (TPSA) is 64.3 Å². The molecule has 6 nitrogen and oxygen atoms in total. The van der Waals surface area contributed by atoms with Crippen molar-refractivity contribution in [2.24, 2.45) is 0 Å². The van der Waals surface area contributed by atoms with Crippen LogP contribution in [0.25, 0.3) is 11.5 Å². The van der Waals surface area contributed by atoms with Gasteiger partial charge in [0.05, 0.1) is 11.5 Å². The lowest BCUT2D eigenvalue weighted by atomic mass is 9.73. The van der Waals surface area contributed by atoms with E-state index in [1.807, 2.05) is 12.1 Å². The van der Waals surface area contributed by atoms with E-state index in [4.69, 9.17) is 14.2 Å². The van der Waals surface area contributed by atoms with Crippen molar-refractivity contribution in [2.75, 3.05) is 19.6 Å². The van der Waals surface area contributed by atoms with Gasteiger partial charge >= 0.3 is 0 Å². The zero-order valence-electron chi connectivity index (χ0n) is 14.5. The van der Waals surface area contributed by atoms with E-state index in [1.165, 1.54) is 32.4 Å². The van der Waals surface area contributed by atoms with Gasteiger partial charge in [-0.1, -0.05) is 5.16 Å². The van der Waals surface area contributed by atoms with Gasteiger partial charge in [0.1, 0.15) is 11.4 Å². The molecule has 2 bridgehead atoms. The molecule has 0 radical (unpaired) electrons. The van der Waals surface area contributed by atoms with Gasteiger partial charge in [-0.15, -0.1) is 0 Å². The Kier molecular flexibility index (Phi) is 3.73. The number of ether oxygens (including phenoxy) is 1. The lowest BCUT2D eigenvalue weighted by Gasteiger charge is -2.44. The van der Waals surface area contributed by atoms with Crippen LogP contribution in [0.15, 0.2) is 22.9 Å². The Balaban J connectivity index is 1.40. The summed E-state index contributed by atoms with van der Waals surface area (Å²) in [5, 5.41) is 4.24. The highest BCUT2D eigenvalue weighted by atomic mass is 16.5. The van der Waals surface area contributed by atoms with E-state index in [0.29, 0.717) is 11.9 Å². The number of rotatable bonds is 4. The minimum atomic E-state index is 0.0434. The Morgan fingerprint density at radius 1 is 1.16 bits per heavy atom. The predicted octanol–water partition coefficient (Wildman–Crippen LogP) is 3.19. The third-order valence-electron chi connectivity index (χ3n) is 5.98. The monoisotopic (exact) mass is 340 g/mol. The molecule has 3 fully saturated rings. The second-order valence-electron chi connectivity index (χ2n) is 7.73. The first kappa shape index (κ1) is 15.3. The molecule has 2 aromatic heterocycles. The predicted molar refractivity (Wildman–Crippen MR) is 92.4 cm³/mol. The van der Waals surface area contributed by atoms with Crippen LogP contribution in [0.5, 0.6) is 5.75 Å². The third kappa shape index (κ3) is 2.82. The van der Waals surface area contributed by atoms with Crippen molar-refractivity contribution in [1.29, 1.82) is 0 Å². The van der Waals surface area contributed by atoms with Gasteiger partial charge in [0.25, 0.3) is 0 Å². The van der Waals surface area contributed by atoms with Gasteiger partial charge < -0.3 is 14.2 Å². The van der Waals surface area contributed by atoms with Crippen molar-refractivity contribution in [3.63, 3.8) is 0 Å². The summed E-state index contributed by atoms with van der Waals surface area (Å²) in [6, 6.07) is 3.83. The average Bonchev–Trinajstić information content (AvgIpc) is 3.10. The highest BCUT2D eigenvalue weighted by Gasteiger charge is 2.44. The van der Waals surface area contributed by atoms with Crippen LogP contribution in [-0.2, 0) is 5.41 Å². The molecular formula is C19H24N4O2. The van der Waals surface area contributed by atoms with E-state index < -0.39 is 0 Å². The summed E-state index contributed by atoms with van der Waals surface area (Å²) in [5.41, 5.74) is 0.772. The molecule has 2 saturated heterocycles. The van der Waals surface area contributed by atoms with Crippen molar-refractivity contribution in [2.45, 2.75) is 56.5 Å². The molecule has 0 spiro atoms. The number of nitrogens with zero attached hydrogens (tertiary/aromatic N) is 4. The summed E-state index contributed by atoms with van der Waals surface area (Å²) in [6.07, 6.45) is 10.4. The summed E-state index contributed by atoms with van der Waals surface area (Å²) >= 11 is 0. The van der Waals surface area contributed by atoms with E-state index in [2.05, 4.69) is 15.0 Å². The summed E-state index contributed by atoms with van der Waals surface area (Å²) in [4.78, 5) is 11.7.